The van der Waals surface area contributed by atoms with Crippen molar-refractivity contribution in [2.75, 3.05) is 33.4 Å². The van der Waals surface area contributed by atoms with E-state index in [2.05, 4.69) is 22.5 Å². The van der Waals surface area contributed by atoms with Crippen molar-refractivity contribution in [3.8, 4) is 0 Å². The molecule has 1 aromatic carbocycles. The van der Waals surface area contributed by atoms with Gasteiger partial charge >= 0.3 is 0 Å². The topological polar surface area (TPSA) is 45.6 Å². The van der Waals surface area contributed by atoms with Crippen LogP contribution in [0.5, 0.6) is 0 Å². The summed E-state index contributed by atoms with van der Waals surface area (Å²) in [6, 6.07) is 5.59. The van der Waals surface area contributed by atoms with E-state index in [1.54, 1.807) is 7.05 Å². The molecule has 0 saturated carbocycles. The van der Waals surface area contributed by atoms with Gasteiger partial charge in [0, 0.05) is 49.3 Å². The number of benzene rings is 1. The Labute approximate surface area is 172 Å². The molecule has 0 heterocycles. The minimum Gasteiger partial charge on any atom is -0.382 e. The normalized spacial score (nSPS) is 12.5. The number of guanidine groups is 1. The summed E-state index contributed by atoms with van der Waals surface area (Å²) in [5.74, 6) is 0.976. The van der Waals surface area contributed by atoms with Crippen molar-refractivity contribution in [3.63, 3.8) is 0 Å². The Bertz CT molecular complexity index is 480. The van der Waals surface area contributed by atoms with Gasteiger partial charge in [-0.2, -0.15) is 0 Å². The van der Waals surface area contributed by atoms with Crippen molar-refractivity contribution >= 4 is 53.1 Å². The van der Waals surface area contributed by atoms with Crippen molar-refractivity contribution in [1.82, 2.24) is 10.6 Å². The van der Waals surface area contributed by atoms with Crippen LogP contribution in [0.25, 0.3) is 0 Å². The summed E-state index contributed by atoms with van der Waals surface area (Å²) in [7, 11) is 1.77. The number of rotatable bonds is 9. The molecule has 1 unspecified atom stereocenters. The van der Waals surface area contributed by atoms with Gasteiger partial charge in [0.1, 0.15) is 0 Å². The van der Waals surface area contributed by atoms with Crippen LogP contribution in [-0.2, 0) is 4.74 Å². The van der Waals surface area contributed by atoms with E-state index in [0.717, 1.165) is 44.1 Å². The summed E-state index contributed by atoms with van der Waals surface area (Å²) in [5, 5.41) is 8.01. The Balaban J connectivity index is 0.00000529. The average Bonchev–Trinajstić information content (AvgIpc) is 2.53. The largest absolute Gasteiger partial charge is 0.382 e. The second-order valence-electron chi connectivity index (χ2n) is 5.32. The van der Waals surface area contributed by atoms with Crippen LogP contribution in [0.1, 0.15) is 38.2 Å². The van der Waals surface area contributed by atoms with Crippen LogP contribution in [0, 0.1) is 0 Å². The lowest BCUT2D eigenvalue weighted by atomic mass is 10.0. The van der Waals surface area contributed by atoms with Crippen molar-refractivity contribution in [2.24, 2.45) is 4.99 Å². The summed E-state index contributed by atoms with van der Waals surface area (Å²) in [6.07, 6.45) is 2.09. The number of nitrogens with zero attached hydrogens (tertiary/aromatic N) is 1. The van der Waals surface area contributed by atoms with Gasteiger partial charge in [0.2, 0.25) is 0 Å². The van der Waals surface area contributed by atoms with Crippen LogP contribution in [0.3, 0.4) is 0 Å². The van der Waals surface area contributed by atoms with Crippen molar-refractivity contribution < 1.29 is 4.74 Å². The molecule has 0 radical (unpaired) electrons. The Morgan fingerprint density at radius 2 is 1.88 bits per heavy atom. The molecule has 0 aliphatic rings. The molecule has 1 rings (SSSR count). The van der Waals surface area contributed by atoms with Gasteiger partial charge in [0.15, 0.2) is 5.96 Å². The molecule has 0 fully saturated rings. The lowest BCUT2D eigenvalue weighted by Crippen LogP contribution is -2.39. The first-order chi connectivity index (χ1) is 11.1. The molecule has 24 heavy (non-hydrogen) atoms. The van der Waals surface area contributed by atoms with Crippen LogP contribution in [0.15, 0.2) is 23.2 Å². The van der Waals surface area contributed by atoms with Gasteiger partial charge in [-0.15, -0.1) is 24.0 Å². The van der Waals surface area contributed by atoms with E-state index in [4.69, 9.17) is 27.9 Å². The molecule has 1 atom stereocenters. The fraction of sp³-hybridized carbons (Fsp3) is 0.588. The van der Waals surface area contributed by atoms with Gasteiger partial charge in [-0.1, -0.05) is 36.2 Å². The Morgan fingerprint density at radius 1 is 1.21 bits per heavy atom. The fourth-order valence-electron chi connectivity index (χ4n) is 2.23. The zero-order valence-electron chi connectivity index (χ0n) is 14.6. The molecule has 4 nitrogen and oxygen atoms in total. The van der Waals surface area contributed by atoms with E-state index in [1.807, 2.05) is 25.1 Å². The van der Waals surface area contributed by atoms with Crippen molar-refractivity contribution in [1.29, 1.82) is 0 Å². The third-order valence-corrected chi connectivity index (χ3v) is 4.16. The van der Waals surface area contributed by atoms with Crippen LogP contribution < -0.4 is 10.6 Å². The van der Waals surface area contributed by atoms with Crippen molar-refractivity contribution in [2.45, 2.75) is 32.6 Å². The van der Waals surface area contributed by atoms with Crippen LogP contribution >= 0.6 is 47.2 Å². The molecule has 138 valence electrons. The first kappa shape index (κ1) is 23.8. The molecule has 0 amide bonds. The first-order valence-electron chi connectivity index (χ1n) is 8.06. The molecule has 1 aromatic rings. The highest BCUT2D eigenvalue weighted by Crippen LogP contribution is 2.30. The summed E-state index contributed by atoms with van der Waals surface area (Å²) in [6.45, 7) is 7.27. The summed E-state index contributed by atoms with van der Waals surface area (Å²) in [4.78, 5) is 4.23. The highest BCUT2D eigenvalue weighted by atomic mass is 127. The standard InChI is InChI=1S/C17H27Cl2N3O.HI/c1-4-23-11-6-5-10-21-17(20-3)22-12-13(2)16-14(18)8-7-9-15(16)19;/h7-9,13H,4-6,10-12H2,1-3H3,(H2,20,21,22);1H. The zero-order chi connectivity index (χ0) is 17.1. The molecule has 0 saturated heterocycles. The van der Waals surface area contributed by atoms with Crippen LogP contribution in [0.2, 0.25) is 10.0 Å². The average molecular weight is 488 g/mol. The van der Waals surface area contributed by atoms with Gasteiger partial charge in [0.05, 0.1) is 0 Å². The van der Waals surface area contributed by atoms with Gasteiger partial charge < -0.3 is 15.4 Å². The maximum atomic E-state index is 6.25. The van der Waals surface area contributed by atoms with E-state index >= 15 is 0 Å². The van der Waals surface area contributed by atoms with Gasteiger partial charge in [0.25, 0.3) is 0 Å². The zero-order valence-corrected chi connectivity index (χ0v) is 18.4. The van der Waals surface area contributed by atoms with E-state index in [-0.39, 0.29) is 29.9 Å². The number of halogens is 3. The van der Waals surface area contributed by atoms with E-state index in [1.165, 1.54) is 0 Å². The maximum absolute atomic E-state index is 6.25. The molecular weight excluding hydrogens is 460 g/mol. The van der Waals surface area contributed by atoms with Gasteiger partial charge in [-0.3, -0.25) is 4.99 Å². The molecule has 0 aromatic heterocycles. The molecule has 0 bridgehead atoms. The number of hydrogen-bond donors (Lipinski definition) is 2. The lowest BCUT2D eigenvalue weighted by molar-refractivity contribution is 0.143. The Hall–Kier alpha value is -0.240. The highest BCUT2D eigenvalue weighted by Gasteiger charge is 2.13. The second-order valence-corrected chi connectivity index (χ2v) is 6.13. The molecule has 0 aliphatic heterocycles. The number of ether oxygens (including phenoxy) is 1. The highest BCUT2D eigenvalue weighted by molar-refractivity contribution is 14.0. The SMILES string of the molecule is CCOCCCCNC(=NC)NCC(C)c1c(Cl)cccc1Cl.I. The minimum absolute atomic E-state index is 0. The van der Waals surface area contributed by atoms with E-state index in [0.29, 0.717) is 16.6 Å². The number of nitrogens with one attached hydrogen (secondary N) is 2. The molecule has 2 N–H and O–H groups in total. The van der Waals surface area contributed by atoms with Crippen LogP contribution in [0.4, 0.5) is 0 Å². The maximum Gasteiger partial charge on any atom is 0.190 e. The lowest BCUT2D eigenvalue weighted by Gasteiger charge is -2.18. The third kappa shape index (κ3) is 8.74. The Kier molecular flexibility index (Phi) is 13.8. The molecule has 0 spiro atoms. The molecule has 7 heteroatoms. The predicted octanol–water partition coefficient (Wildman–Crippen LogP) is 4.70. The van der Waals surface area contributed by atoms with Crippen LogP contribution in [-0.4, -0.2) is 39.3 Å². The summed E-state index contributed by atoms with van der Waals surface area (Å²) < 4.78 is 5.32. The van der Waals surface area contributed by atoms with Gasteiger partial charge in [-0.05, 0) is 37.5 Å². The first-order valence-corrected chi connectivity index (χ1v) is 8.81. The monoisotopic (exact) mass is 487 g/mol. The summed E-state index contributed by atoms with van der Waals surface area (Å²) in [5.41, 5.74) is 0.968. The predicted molar refractivity (Wildman–Crippen MR) is 115 cm³/mol. The number of hydrogen-bond acceptors (Lipinski definition) is 2. The Morgan fingerprint density at radius 3 is 2.46 bits per heavy atom. The van der Waals surface area contributed by atoms with Crippen molar-refractivity contribution in [3.05, 3.63) is 33.8 Å². The number of unbranched alkanes of at least 4 members (excludes halogenated alkanes) is 1. The third-order valence-electron chi connectivity index (χ3n) is 3.50. The smallest absolute Gasteiger partial charge is 0.190 e. The minimum atomic E-state index is 0. The van der Waals surface area contributed by atoms with E-state index < -0.39 is 0 Å². The van der Waals surface area contributed by atoms with E-state index in [9.17, 15) is 0 Å². The second kappa shape index (κ2) is 14.0. The van der Waals surface area contributed by atoms with Gasteiger partial charge in [-0.25, -0.2) is 0 Å². The summed E-state index contributed by atoms with van der Waals surface area (Å²) >= 11 is 12.5. The molecule has 0 aliphatic carbocycles. The quantitative estimate of drug-likeness (QED) is 0.230. The number of aliphatic imine (C=N–C) groups is 1. The fourth-order valence-corrected chi connectivity index (χ4v) is 3.00. The molecular formula is C17H28Cl2IN3O.